The molecule has 1 fully saturated rings. The lowest BCUT2D eigenvalue weighted by Gasteiger charge is -2.22. The van der Waals surface area contributed by atoms with Crippen LogP contribution in [0.25, 0.3) is 0 Å². The average molecular weight is 146 g/mol. The van der Waals surface area contributed by atoms with Crippen molar-refractivity contribution in [2.75, 3.05) is 0 Å². The fourth-order valence-corrected chi connectivity index (χ4v) is 1.21. The third-order valence-electron chi connectivity index (χ3n) is 1.94. The molecule has 0 heterocycles. The van der Waals surface area contributed by atoms with Gasteiger partial charge in [-0.1, -0.05) is 6.85 Å². The minimum atomic E-state index is -2.30. The van der Waals surface area contributed by atoms with Crippen LogP contribution >= 0.6 is 0 Å². The molecule has 1 aliphatic rings. The Labute approximate surface area is 66.9 Å². The van der Waals surface area contributed by atoms with Crippen LogP contribution in [0.4, 0.5) is 0 Å². The van der Waals surface area contributed by atoms with E-state index in [9.17, 15) is 4.79 Å². The zero-order chi connectivity index (χ0) is 11.0. The van der Waals surface area contributed by atoms with Gasteiger partial charge in [0.2, 0.25) is 0 Å². The van der Waals surface area contributed by atoms with Crippen LogP contribution in [-0.2, 0) is 4.79 Å². The molecule has 0 amide bonds. The fourth-order valence-electron chi connectivity index (χ4n) is 1.21. The van der Waals surface area contributed by atoms with Crippen LogP contribution in [0.2, 0.25) is 0 Å². The van der Waals surface area contributed by atoms with Crippen LogP contribution in [0.15, 0.2) is 0 Å². The van der Waals surface area contributed by atoms with Gasteiger partial charge in [-0.3, -0.25) is 4.79 Å². The predicted molar refractivity (Wildman–Crippen MR) is 38.8 cm³/mol. The number of carboxylic acids is 1. The molecule has 0 bridgehead atoms. The number of carboxylic acid groups (broad SMARTS) is 1. The molecule has 2 heteroatoms. The molecular formula is C8H14O2. The molecular weight excluding hydrogens is 128 g/mol. The van der Waals surface area contributed by atoms with Gasteiger partial charge in [0.15, 0.2) is 0 Å². The van der Waals surface area contributed by atoms with Gasteiger partial charge >= 0.3 is 5.97 Å². The summed E-state index contributed by atoms with van der Waals surface area (Å²) in [6.45, 7) is -2.30. The van der Waals surface area contributed by atoms with Crippen LogP contribution in [0, 0.1) is 11.8 Å². The zero-order valence-electron chi connectivity index (χ0n) is 9.76. The summed E-state index contributed by atoms with van der Waals surface area (Å²) < 4.78 is 29.3. The topological polar surface area (TPSA) is 37.3 Å². The third-order valence-corrected chi connectivity index (χ3v) is 1.94. The second-order valence-corrected chi connectivity index (χ2v) is 2.72. The van der Waals surface area contributed by atoms with Gasteiger partial charge in [-0.15, -0.1) is 0 Å². The second-order valence-electron chi connectivity index (χ2n) is 2.72. The highest BCUT2D eigenvalue weighted by atomic mass is 16.4. The first-order valence-corrected chi connectivity index (χ1v) is 3.49. The van der Waals surface area contributed by atoms with Crippen LogP contribution in [-0.4, -0.2) is 11.1 Å². The maximum Gasteiger partial charge on any atom is 0.306 e. The highest BCUT2D eigenvalue weighted by Gasteiger charge is 2.23. The number of rotatable bonds is 1. The van der Waals surface area contributed by atoms with E-state index in [0.717, 1.165) is 0 Å². The summed E-state index contributed by atoms with van der Waals surface area (Å²) in [5.74, 6) is -2.77. The standard InChI is InChI=1S/C8H14O2/c1-6-2-4-7(5-3-6)8(9)10/h6-7H,2-5H2,1H3,(H,9,10)/i1D3,6D. The molecule has 0 spiro atoms. The smallest absolute Gasteiger partial charge is 0.306 e. The summed E-state index contributed by atoms with van der Waals surface area (Å²) >= 11 is 0. The summed E-state index contributed by atoms with van der Waals surface area (Å²) in [7, 11) is 0. The van der Waals surface area contributed by atoms with Crippen molar-refractivity contribution in [3.05, 3.63) is 0 Å². The Hall–Kier alpha value is -0.530. The SMILES string of the molecule is [2H]C([2H])([2H])C1([2H])CCC(C(=O)O)CC1. The van der Waals surface area contributed by atoms with E-state index in [1.54, 1.807) is 0 Å². The normalized spacial score (nSPS) is 48.2. The van der Waals surface area contributed by atoms with Crippen LogP contribution in [0.3, 0.4) is 0 Å². The Morgan fingerprint density at radius 2 is 2.20 bits per heavy atom. The Morgan fingerprint density at radius 3 is 2.60 bits per heavy atom. The van der Waals surface area contributed by atoms with Gasteiger partial charge < -0.3 is 5.11 Å². The van der Waals surface area contributed by atoms with E-state index in [1.807, 2.05) is 0 Å². The molecule has 58 valence electrons. The molecule has 0 atom stereocenters. The van der Waals surface area contributed by atoms with Crippen molar-refractivity contribution in [3.8, 4) is 0 Å². The van der Waals surface area contributed by atoms with E-state index in [-0.39, 0.29) is 12.8 Å². The monoisotopic (exact) mass is 146 g/mol. The van der Waals surface area contributed by atoms with Crippen molar-refractivity contribution in [2.24, 2.45) is 11.8 Å². The van der Waals surface area contributed by atoms with Gasteiger partial charge in [-0.05, 0) is 31.6 Å². The van der Waals surface area contributed by atoms with Crippen molar-refractivity contribution < 1.29 is 15.4 Å². The molecule has 0 aromatic heterocycles. The highest BCUT2D eigenvalue weighted by molar-refractivity contribution is 5.69. The van der Waals surface area contributed by atoms with Crippen molar-refractivity contribution in [1.82, 2.24) is 0 Å². The largest absolute Gasteiger partial charge is 0.481 e. The van der Waals surface area contributed by atoms with Gasteiger partial charge in [-0.2, -0.15) is 0 Å². The molecule has 1 N–H and O–H groups in total. The van der Waals surface area contributed by atoms with Crippen molar-refractivity contribution in [2.45, 2.75) is 32.5 Å². The van der Waals surface area contributed by atoms with Gasteiger partial charge in [-0.25, -0.2) is 0 Å². The molecule has 0 aromatic rings. The van der Waals surface area contributed by atoms with Crippen LogP contribution < -0.4 is 0 Å². The van der Waals surface area contributed by atoms with Crippen LogP contribution in [0.5, 0.6) is 0 Å². The van der Waals surface area contributed by atoms with E-state index in [1.165, 1.54) is 0 Å². The Balaban J connectivity index is 2.62. The van der Waals surface area contributed by atoms with Gasteiger partial charge in [0, 0.05) is 5.48 Å². The maximum atomic E-state index is 10.6. The molecule has 1 aliphatic carbocycles. The number of hydrogen-bond acceptors (Lipinski definition) is 1. The Morgan fingerprint density at radius 1 is 1.60 bits per heavy atom. The van der Waals surface area contributed by atoms with Crippen molar-refractivity contribution in [3.63, 3.8) is 0 Å². The molecule has 0 radical (unpaired) electrons. The summed E-state index contributed by atoms with van der Waals surface area (Å²) in [6.07, 6.45) is 0.912. The molecule has 1 rings (SSSR count). The molecule has 10 heavy (non-hydrogen) atoms. The van der Waals surface area contributed by atoms with Crippen molar-refractivity contribution in [1.29, 1.82) is 0 Å². The maximum absolute atomic E-state index is 10.6. The first-order valence-electron chi connectivity index (χ1n) is 5.49. The van der Waals surface area contributed by atoms with E-state index >= 15 is 0 Å². The Bertz CT molecular complexity index is 228. The third kappa shape index (κ3) is 1.72. The second kappa shape index (κ2) is 3.04. The fraction of sp³-hybridized carbons (Fsp3) is 0.875. The lowest BCUT2D eigenvalue weighted by Crippen LogP contribution is -2.19. The molecule has 0 aromatic carbocycles. The minimum Gasteiger partial charge on any atom is -0.481 e. The van der Waals surface area contributed by atoms with Gasteiger partial charge in [0.05, 0.1) is 5.92 Å². The van der Waals surface area contributed by atoms with Crippen molar-refractivity contribution >= 4 is 5.97 Å². The molecule has 0 saturated heterocycles. The predicted octanol–water partition coefficient (Wildman–Crippen LogP) is 1.90. The summed E-state index contributed by atoms with van der Waals surface area (Å²) in [6, 6.07) is 0. The molecule has 0 aliphatic heterocycles. The number of aliphatic carboxylic acids is 1. The molecule has 0 unspecified atom stereocenters. The minimum absolute atomic E-state index is 0.153. The van der Waals surface area contributed by atoms with Gasteiger partial charge in [0.25, 0.3) is 0 Å². The quantitative estimate of drug-likeness (QED) is 0.613. The first kappa shape index (κ1) is 3.74. The zero-order valence-corrected chi connectivity index (χ0v) is 5.76. The summed E-state index contributed by atoms with van der Waals surface area (Å²) in [5, 5.41) is 8.71. The highest BCUT2D eigenvalue weighted by Crippen LogP contribution is 2.27. The molecule has 1 saturated carbocycles. The van der Waals surface area contributed by atoms with Gasteiger partial charge in [0.1, 0.15) is 0 Å². The Kier molecular flexibility index (Phi) is 1.14. The first-order chi connectivity index (χ1) is 6.26. The van der Waals surface area contributed by atoms with E-state index in [4.69, 9.17) is 10.6 Å². The van der Waals surface area contributed by atoms with Crippen LogP contribution in [0.1, 0.15) is 38.0 Å². The number of carbonyl (C=O) groups is 1. The lowest BCUT2D eigenvalue weighted by molar-refractivity contribution is -0.143. The average Bonchev–Trinajstić information content (AvgIpc) is 2.03. The lowest BCUT2D eigenvalue weighted by atomic mass is 9.83. The number of hydrogen-bond donors (Lipinski definition) is 1. The van der Waals surface area contributed by atoms with E-state index in [2.05, 4.69) is 0 Å². The summed E-state index contributed by atoms with van der Waals surface area (Å²) in [4.78, 5) is 10.6. The van der Waals surface area contributed by atoms with E-state index in [0.29, 0.717) is 12.8 Å². The molecule has 2 nitrogen and oxygen atoms in total. The summed E-state index contributed by atoms with van der Waals surface area (Å²) in [5.41, 5.74) is 0. The van der Waals surface area contributed by atoms with E-state index < -0.39 is 24.6 Å².